The van der Waals surface area contributed by atoms with Gasteiger partial charge in [-0.2, -0.15) is 5.10 Å². The second kappa shape index (κ2) is 10.4. The molecule has 6 nitrogen and oxygen atoms in total. The standard InChI is InChI=1S/C25H21Cl2N3O3/c1-17-8-9-23(27)24(10-17)32-15-18-4-2-5-19(11-18)25(31)29-21-13-28-30(14-21)16-33-22-7-3-6-20(26)12-22/h2-14H,15-16H2,1H3,(H,29,31). The van der Waals surface area contributed by atoms with Gasteiger partial charge in [-0.1, -0.05) is 47.5 Å². The Morgan fingerprint density at radius 1 is 1.03 bits per heavy atom. The maximum Gasteiger partial charge on any atom is 0.255 e. The number of aromatic nitrogens is 2. The number of halogens is 2. The number of carbonyl (C=O) groups is 1. The van der Waals surface area contributed by atoms with Crippen LogP contribution in [0.5, 0.6) is 11.5 Å². The van der Waals surface area contributed by atoms with E-state index >= 15 is 0 Å². The topological polar surface area (TPSA) is 65.4 Å². The minimum absolute atomic E-state index is 0.185. The lowest BCUT2D eigenvalue weighted by Gasteiger charge is -2.10. The van der Waals surface area contributed by atoms with Gasteiger partial charge in [-0.15, -0.1) is 0 Å². The summed E-state index contributed by atoms with van der Waals surface area (Å²) >= 11 is 12.1. The number of hydrogen-bond acceptors (Lipinski definition) is 4. The first-order valence-electron chi connectivity index (χ1n) is 10.2. The Hall–Kier alpha value is -3.48. The van der Waals surface area contributed by atoms with Crippen molar-refractivity contribution in [3.63, 3.8) is 0 Å². The molecule has 1 amide bonds. The zero-order valence-corrected chi connectivity index (χ0v) is 19.3. The highest BCUT2D eigenvalue weighted by molar-refractivity contribution is 6.32. The lowest BCUT2D eigenvalue weighted by atomic mass is 10.1. The Morgan fingerprint density at radius 3 is 2.73 bits per heavy atom. The monoisotopic (exact) mass is 481 g/mol. The molecule has 4 aromatic rings. The van der Waals surface area contributed by atoms with Crippen LogP contribution in [0.4, 0.5) is 5.69 Å². The molecule has 4 rings (SSSR count). The van der Waals surface area contributed by atoms with Gasteiger partial charge in [-0.3, -0.25) is 4.79 Å². The zero-order chi connectivity index (χ0) is 23.2. The van der Waals surface area contributed by atoms with E-state index in [0.29, 0.717) is 39.4 Å². The lowest BCUT2D eigenvalue weighted by Crippen LogP contribution is -2.12. The summed E-state index contributed by atoms with van der Waals surface area (Å²) in [7, 11) is 0. The van der Waals surface area contributed by atoms with Crippen LogP contribution < -0.4 is 14.8 Å². The highest BCUT2D eigenvalue weighted by Crippen LogP contribution is 2.26. The predicted octanol–water partition coefficient (Wildman–Crippen LogP) is 6.37. The molecule has 8 heteroatoms. The molecule has 0 bridgehead atoms. The molecule has 0 unspecified atom stereocenters. The Morgan fingerprint density at radius 2 is 1.88 bits per heavy atom. The van der Waals surface area contributed by atoms with Gasteiger partial charge in [0.1, 0.15) is 18.1 Å². The van der Waals surface area contributed by atoms with E-state index in [0.717, 1.165) is 11.1 Å². The number of benzene rings is 3. The molecule has 3 aromatic carbocycles. The number of nitrogens with one attached hydrogen (secondary N) is 1. The number of ether oxygens (including phenoxy) is 2. The fourth-order valence-electron chi connectivity index (χ4n) is 3.08. The number of aryl methyl sites for hydroxylation is 1. The first-order chi connectivity index (χ1) is 16.0. The third-order valence-corrected chi connectivity index (χ3v) is 5.27. The van der Waals surface area contributed by atoms with E-state index in [1.54, 1.807) is 53.5 Å². The highest BCUT2D eigenvalue weighted by Gasteiger charge is 2.10. The summed E-state index contributed by atoms with van der Waals surface area (Å²) in [4.78, 5) is 12.7. The van der Waals surface area contributed by atoms with Crippen LogP contribution in [0.3, 0.4) is 0 Å². The molecule has 1 aromatic heterocycles. The number of nitrogens with zero attached hydrogens (tertiary/aromatic N) is 2. The third-order valence-electron chi connectivity index (χ3n) is 4.72. The number of anilines is 1. The first-order valence-corrected chi connectivity index (χ1v) is 10.9. The summed E-state index contributed by atoms with van der Waals surface area (Å²) in [6, 6.07) is 19.9. The normalized spacial score (nSPS) is 10.6. The van der Waals surface area contributed by atoms with Crippen LogP contribution in [0, 0.1) is 6.92 Å². The van der Waals surface area contributed by atoms with E-state index in [4.69, 9.17) is 32.7 Å². The van der Waals surface area contributed by atoms with Crippen molar-refractivity contribution in [2.75, 3.05) is 5.32 Å². The molecule has 0 aliphatic carbocycles. The van der Waals surface area contributed by atoms with E-state index in [-0.39, 0.29) is 12.6 Å². The number of rotatable bonds is 8. The van der Waals surface area contributed by atoms with Crippen molar-refractivity contribution in [1.29, 1.82) is 0 Å². The predicted molar refractivity (Wildman–Crippen MR) is 129 cm³/mol. The smallest absolute Gasteiger partial charge is 0.255 e. The molecule has 0 saturated heterocycles. The largest absolute Gasteiger partial charge is 0.487 e. The molecule has 0 spiro atoms. The molecule has 0 radical (unpaired) electrons. The molecule has 0 saturated carbocycles. The third kappa shape index (κ3) is 6.28. The SMILES string of the molecule is Cc1ccc(Cl)c(OCc2cccc(C(=O)Nc3cnn(COc4cccc(Cl)c4)c3)c2)c1. The summed E-state index contributed by atoms with van der Waals surface area (Å²) in [5.41, 5.74) is 2.98. The Bertz CT molecular complexity index is 1270. The highest BCUT2D eigenvalue weighted by atomic mass is 35.5. The van der Waals surface area contributed by atoms with Gasteiger partial charge in [-0.05, 0) is 60.5 Å². The van der Waals surface area contributed by atoms with Gasteiger partial charge in [0.15, 0.2) is 6.73 Å². The Labute approximate surface area is 201 Å². The van der Waals surface area contributed by atoms with Crippen LogP contribution in [-0.2, 0) is 13.3 Å². The minimum atomic E-state index is -0.249. The van der Waals surface area contributed by atoms with Gasteiger partial charge in [0.25, 0.3) is 5.91 Å². The molecule has 0 aliphatic rings. The van der Waals surface area contributed by atoms with Crippen molar-refractivity contribution in [2.45, 2.75) is 20.3 Å². The van der Waals surface area contributed by atoms with E-state index in [1.165, 1.54) is 0 Å². The van der Waals surface area contributed by atoms with Crippen molar-refractivity contribution in [3.8, 4) is 11.5 Å². The second-order valence-corrected chi connectivity index (χ2v) is 8.22. The molecule has 33 heavy (non-hydrogen) atoms. The summed E-state index contributed by atoms with van der Waals surface area (Å²) in [5.74, 6) is 0.995. The van der Waals surface area contributed by atoms with Crippen molar-refractivity contribution < 1.29 is 14.3 Å². The average molecular weight is 482 g/mol. The van der Waals surface area contributed by atoms with Gasteiger partial charge in [0, 0.05) is 10.6 Å². The fourth-order valence-corrected chi connectivity index (χ4v) is 3.44. The van der Waals surface area contributed by atoms with Crippen LogP contribution in [0.2, 0.25) is 10.0 Å². The van der Waals surface area contributed by atoms with E-state index in [1.807, 2.05) is 37.3 Å². The molecule has 1 heterocycles. The van der Waals surface area contributed by atoms with Crippen molar-refractivity contribution in [2.24, 2.45) is 0 Å². The second-order valence-electron chi connectivity index (χ2n) is 7.38. The van der Waals surface area contributed by atoms with Crippen molar-refractivity contribution in [1.82, 2.24) is 9.78 Å². The van der Waals surface area contributed by atoms with Gasteiger partial charge < -0.3 is 14.8 Å². The van der Waals surface area contributed by atoms with Crippen LogP contribution in [0.1, 0.15) is 21.5 Å². The maximum atomic E-state index is 12.7. The van der Waals surface area contributed by atoms with E-state index < -0.39 is 0 Å². The van der Waals surface area contributed by atoms with Crippen molar-refractivity contribution in [3.05, 3.63) is 106 Å². The summed E-state index contributed by atoms with van der Waals surface area (Å²) in [6.07, 6.45) is 3.25. The van der Waals surface area contributed by atoms with Crippen LogP contribution in [0.15, 0.2) is 79.1 Å². The number of carbonyl (C=O) groups excluding carboxylic acids is 1. The maximum absolute atomic E-state index is 12.7. The number of hydrogen-bond donors (Lipinski definition) is 1. The fraction of sp³-hybridized carbons (Fsp3) is 0.120. The van der Waals surface area contributed by atoms with E-state index in [2.05, 4.69) is 10.4 Å². The minimum Gasteiger partial charge on any atom is -0.487 e. The summed E-state index contributed by atoms with van der Waals surface area (Å²) < 4.78 is 13.1. The molecule has 0 aliphatic heterocycles. The summed E-state index contributed by atoms with van der Waals surface area (Å²) in [6.45, 7) is 2.45. The van der Waals surface area contributed by atoms with Gasteiger partial charge >= 0.3 is 0 Å². The zero-order valence-electron chi connectivity index (χ0n) is 17.8. The molecular weight excluding hydrogens is 461 g/mol. The Balaban J connectivity index is 1.34. The molecule has 0 fully saturated rings. The lowest BCUT2D eigenvalue weighted by molar-refractivity contribution is 0.102. The van der Waals surface area contributed by atoms with Crippen molar-refractivity contribution >= 4 is 34.8 Å². The summed E-state index contributed by atoms with van der Waals surface area (Å²) in [5, 5.41) is 8.19. The van der Waals surface area contributed by atoms with Crippen LogP contribution in [0.25, 0.3) is 0 Å². The molecular formula is C25H21Cl2N3O3. The average Bonchev–Trinajstić information content (AvgIpc) is 3.26. The first kappa shape index (κ1) is 22.7. The van der Waals surface area contributed by atoms with Gasteiger partial charge in [0.05, 0.1) is 23.1 Å². The number of amides is 1. The Kier molecular flexibility index (Phi) is 7.17. The molecule has 168 valence electrons. The quantitative estimate of drug-likeness (QED) is 0.317. The van der Waals surface area contributed by atoms with E-state index in [9.17, 15) is 4.79 Å². The molecule has 0 atom stereocenters. The molecule has 1 N–H and O–H groups in total. The van der Waals surface area contributed by atoms with Gasteiger partial charge in [0.2, 0.25) is 0 Å². The van der Waals surface area contributed by atoms with Gasteiger partial charge in [-0.25, -0.2) is 4.68 Å². The van der Waals surface area contributed by atoms with Crippen LogP contribution >= 0.6 is 23.2 Å². The van der Waals surface area contributed by atoms with Crippen LogP contribution in [-0.4, -0.2) is 15.7 Å².